The van der Waals surface area contributed by atoms with Gasteiger partial charge in [0.05, 0.1) is 16.6 Å². The Bertz CT molecular complexity index is 563. The lowest BCUT2D eigenvalue weighted by Gasteiger charge is -2.36. The maximum absolute atomic E-state index is 12.5. The van der Waals surface area contributed by atoms with Gasteiger partial charge in [0.25, 0.3) is 11.6 Å². The molecule has 8 heteroatoms. The number of hydrogen-bond donors (Lipinski definition) is 1. The standard InChI is InChI=1S/C13H18N4O4/c1-8-3-4-16(7-11(8)21-2)13(18)10-5-9(17(19)20)6-15-12(10)14/h5-6,8,11H,3-4,7H2,1-2H3,(H2,14,15). The molecule has 1 aromatic rings. The van der Waals surface area contributed by atoms with E-state index >= 15 is 0 Å². The maximum atomic E-state index is 12.5. The van der Waals surface area contributed by atoms with Crippen molar-refractivity contribution >= 4 is 17.4 Å². The first-order chi connectivity index (χ1) is 9.93. The summed E-state index contributed by atoms with van der Waals surface area (Å²) in [6.45, 7) is 3.08. The van der Waals surface area contributed by atoms with Crippen molar-refractivity contribution in [1.29, 1.82) is 0 Å². The van der Waals surface area contributed by atoms with Gasteiger partial charge in [-0.1, -0.05) is 6.92 Å². The van der Waals surface area contributed by atoms with Crippen LogP contribution in [0.4, 0.5) is 11.5 Å². The summed E-state index contributed by atoms with van der Waals surface area (Å²) in [6, 6.07) is 1.17. The summed E-state index contributed by atoms with van der Waals surface area (Å²) in [4.78, 5) is 28.0. The van der Waals surface area contributed by atoms with Gasteiger partial charge in [-0.25, -0.2) is 4.98 Å². The third-order valence-corrected chi connectivity index (χ3v) is 3.82. The van der Waals surface area contributed by atoms with Gasteiger partial charge in [-0.15, -0.1) is 0 Å². The summed E-state index contributed by atoms with van der Waals surface area (Å²) >= 11 is 0. The number of pyridine rings is 1. The minimum absolute atomic E-state index is 0.00168. The zero-order chi connectivity index (χ0) is 15.6. The number of carbonyl (C=O) groups excluding carboxylic acids is 1. The lowest BCUT2D eigenvalue weighted by atomic mass is 9.95. The number of likely N-dealkylation sites (tertiary alicyclic amines) is 1. The minimum Gasteiger partial charge on any atom is -0.383 e. The smallest absolute Gasteiger partial charge is 0.288 e. The van der Waals surface area contributed by atoms with Crippen molar-refractivity contribution in [2.75, 3.05) is 25.9 Å². The normalized spacial score (nSPS) is 22.1. The first kappa shape index (κ1) is 15.2. The van der Waals surface area contributed by atoms with Crippen LogP contribution in [0.25, 0.3) is 0 Å². The summed E-state index contributed by atoms with van der Waals surface area (Å²) in [5, 5.41) is 10.8. The van der Waals surface area contributed by atoms with Crippen LogP contribution < -0.4 is 5.73 Å². The van der Waals surface area contributed by atoms with E-state index in [1.165, 1.54) is 6.07 Å². The van der Waals surface area contributed by atoms with E-state index in [9.17, 15) is 14.9 Å². The quantitative estimate of drug-likeness (QED) is 0.659. The molecule has 2 heterocycles. The Kier molecular flexibility index (Phi) is 4.37. The first-order valence-electron chi connectivity index (χ1n) is 6.66. The molecule has 1 amide bonds. The number of nitrogens with two attached hydrogens (primary N) is 1. The molecule has 8 nitrogen and oxygen atoms in total. The summed E-state index contributed by atoms with van der Waals surface area (Å²) in [6.07, 6.45) is 1.81. The molecule has 2 rings (SSSR count). The number of ether oxygens (including phenoxy) is 1. The molecule has 21 heavy (non-hydrogen) atoms. The van der Waals surface area contributed by atoms with E-state index in [0.29, 0.717) is 19.0 Å². The van der Waals surface area contributed by atoms with Crippen molar-refractivity contribution in [3.05, 3.63) is 27.9 Å². The van der Waals surface area contributed by atoms with Gasteiger partial charge < -0.3 is 15.4 Å². The van der Waals surface area contributed by atoms with Crippen molar-refractivity contribution in [3.8, 4) is 0 Å². The van der Waals surface area contributed by atoms with Gasteiger partial charge in [-0.05, 0) is 12.3 Å². The molecule has 0 saturated carbocycles. The third-order valence-electron chi connectivity index (χ3n) is 3.82. The topological polar surface area (TPSA) is 112 Å². The second kappa shape index (κ2) is 6.04. The second-order valence-electron chi connectivity index (χ2n) is 5.17. The van der Waals surface area contributed by atoms with Crippen molar-refractivity contribution in [2.24, 2.45) is 5.92 Å². The summed E-state index contributed by atoms with van der Waals surface area (Å²) in [7, 11) is 1.61. The van der Waals surface area contributed by atoms with E-state index in [4.69, 9.17) is 10.5 Å². The Hall–Kier alpha value is -2.22. The molecule has 1 aromatic heterocycles. The fraction of sp³-hybridized carbons (Fsp3) is 0.538. The Labute approximate surface area is 122 Å². The predicted octanol–water partition coefficient (Wildman–Crippen LogP) is 1.07. The fourth-order valence-electron chi connectivity index (χ4n) is 2.43. The average molecular weight is 294 g/mol. The summed E-state index contributed by atoms with van der Waals surface area (Å²) < 4.78 is 5.36. The number of aromatic nitrogens is 1. The van der Waals surface area contributed by atoms with Gasteiger partial charge >= 0.3 is 0 Å². The Morgan fingerprint density at radius 2 is 2.33 bits per heavy atom. The second-order valence-corrected chi connectivity index (χ2v) is 5.17. The highest BCUT2D eigenvalue weighted by Crippen LogP contribution is 2.24. The molecule has 114 valence electrons. The molecule has 2 atom stereocenters. The minimum atomic E-state index is -0.598. The van der Waals surface area contributed by atoms with Crippen LogP contribution in [0, 0.1) is 16.0 Å². The molecule has 1 saturated heterocycles. The zero-order valence-electron chi connectivity index (χ0n) is 12.0. The third kappa shape index (κ3) is 3.10. The number of rotatable bonds is 3. The maximum Gasteiger partial charge on any atom is 0.288 e. The lowest BCUT2D eigenvalue weighted by Crippen LogP contribution is -2.46. The van der Waals surface area contributed by atoms with E-state index in [-0.39, 0.29) is 29.1 Å². The number of methoxy groups -OCH3 is 1. The van der Waals surface area contributed by atoms with Crippen LogP contribution in [0.3, 0.4) is 0 Å². The molecular formula is C13H18N4O4. The van der Waals surface area contributed by atoms with Crippen LogP contribution in [-0.4, -0.2) is 47.0 Å². The summed E-state index contributed by atoms with van der Waals surface area (Å²) in [5.41, 5.74) is 5.49. The Morgan fingerprint density at radius 3 is 2.95 bits per heavy atom. The molecule has 0 radical (unpaired) electrons. The van der Waals surface area contributed by atoms with Gasteiger partial charge in [0, 0.05) is 26.3 Å². The van der Waals surface area contributed by atoms with Crippen LogP contribution in [0.15, 0.2) is 12.3 Å². The molecule has 1 aliphatic heterocycles. The van der Waals surface area contributed by atoms with E-state index < -0.39 is 4.92 Å². The predicted molar refractivity (Wildman–Crippen MR) is 75.8 cm³/mol. The number of anilines is 1. The SMILES string of the molecule is COC1CN(C(=O)c2cc([N+](=O)[O-])cnc2N)CCC1C. The Balaban J connectivity index is 2.24. The highest BCUT2D eigenvalue weighted by atomic mass is 16.6. The van der Waals surface area contributed by atoms with Crippen LogP contribution in [-0.2, 0) is 4.74 Å². The van der Waals surface area contributed by atoms with Crippen molar-refractivity contribution < 1.29 is 14.5 Å². The van der Waals surface area contributed by atoms with Crippen LogP contribution >= 0.6 is 0 Å². The van der Waals surface area contributed by atoms with Crippen molar-refractivity contribution in [1.82, 2.24) is 9.88 Å². The monoisotopic (exact) mass is 294 g/mol. The van der Waals surface area contributed by atoms with Gasteiger partial charge in [0.2, 0.25) is 0 Å². The fourth-order valence-corrected chi connectivity index (χ4v) is 2.43. The first-order valence-corrected chi connectivity index (χ1v) is 6.66. The van der Waals surface area contributed by atoms with E-state index in [1.54, 1.807) is 12.0 Å². The number of hydrogen-bond acceptors (Lipinski definition) is 6. The largest absolute Gasteiger partial charge is 0.383 e. The highest BCUT2D eigenvalue weighted by Gasteiger charge is 2.30. The number of nitrogens with zero attached hydrogens (tertiary/aromatic N) is 3. The number of piperidine rings is 1. The highest BCUT2D eigenvalue weighted by molar-refractivity contribution is 5.99. The van der Waals surface area contributed by atoms with E-state index in [1.807, 2.05) is 0 Å². The molecule has 2 N–H and O–H groups in total. The molecule has 2 unspecified atom stereocenters. The van der Waals surface area contributed by atoms with E-state index in [2.05, 4.69) is 11.9 Å². The van der Waals surface area contributed by atoms with Gasteiger partial charge in [-0.3, -0.25) is 14.9 Å². The molecule has 1 fully saturated rings. The number of amides is 1. The molecule has 0 aliphatic carbocycles. The van der Waals surface area contributed by atoms with Crippen molar-refractivity contribution in [3.63, 3.8) is 0 Å². The lowest BCUT2D eigenvalue weighted by molar-refractivity contribution is -0.385. The van der Waals surface area contributed by atoms with Crippen LogP contribution in [0.2, 0.25) is 0 Å². The molecular weight excluding hydrogens is 276 g/mol. The molecule has 0 spiro atoms. The Morgan fingerprint density at radius 1 is 1.62 bits per heavy atom. The molecule has 1 aliphatic rings. The van der Waals surface area contributed by atoms with Crippen molar-refractivity contribution in [2.45, 2.75) is 19.4 Å². The molecule has 0 bridgehead atoms. The average Bonchev–Trinajstić information content (AvgIpc) is 2.47. The van der Waals surface area contributed by atoms with Crippen LogP contribution in [0.5, 0.6) is 0 Å². The number of nitro groups is 1. The van der Waals surface area contributed by atoms with Gasteiger partial charge in [0.1, 0.15) is 12.0 Å². The van der Waals surface area contributed by atoms with Crippen LogP contribution in [0.1, 0.15) is 23.7 Å². The van der Waals surface area contributed by atoms with Gasteiger partial charge in [0.15, 0.2) is 0 Å². The number of nitrogen functional groups attached to an aromatic ring is 1. The summed E-state index contributed by atoms with van der Waals surface area (Å²) in [5.74, 6) is 0.00969. The zero-order valence-corrected chi connectivity index (χ0v) is 12.0. The molecule has 0 aromatic carbocycles. The number of carbonyl (C=O) groups is 1. The van der Waals surface area contributed by atoms with Gasteiger partial charge in [-0.2, -0.15) is 0 Å². The van der Waals surface area contributed by atoms with E-state index in [0.717, 1.165) is 12.6 Å².